The van der Waals surface area contributed by atoms with Gasteiger partial charge in [0.2, 0.25) is 0 Å². The fourth-order valence-corrected chi connectivity index (χ4v) is 3.93. The minimum absolute atomic E-state index is 0.325. The Kier molecular flexibility index (Phi) is 7.50. The lowest BCUT2D eigenvalue weighted by Crippen LogP contribution is -2.43. The van der Waals surface area contributed by atoms with E-state index in [1.807, 2.05) is 6.07 Å². The lowest BCUT2D eigenvalue weighted by atomic mass is 9.85. The molecule has 4 aromatic rings. The Bertz CT molecular complexity index is 1320. The number of amides is 1. The van der Waals surface area contributed by atoms with Crippen LogP contribution in [0.15, 0.2) is 119 Å². The number of carbonyl (C=O) groups excluding carboxylic acids is 2. The standard InChI is InChI=1S/C28H21BrN2O4/c29-25-17-8-7-16-24(25)26(32)35-23-15-9-10-20(18-23)19-30-31-27(33)28(34,21-11-3-1-4-12-21)22-13-5-2-6-14-22/h1-19,34H,(H,31,33). The monoisotopic (exact) mass is 528 g/mol. The number of aliphatic hydroxyl groups is 1. The lowest BCUT2D eigenvalue weighted by molar-refractivity contribution is -0.136. The molecule has 0 aliphatic heterocycles. The Hall–Kier alpha value is -4.07. The smallest absolute Gasteiger partial charge is 0.344 e. The fourth-order valence-electron chi connectivity index (χ4n) is 3.48. The van der Waals surface area contributed by atoms with Gasteiger partial charge in [0.05, 0.1) is 11.8 Å². The van der Waals surface area contributed by atoms with Crippen molar-refractivity contribution in [1.29, 1.82) is 0 Å². The number of esters is 1. The van der Waals surface area contributed by atoms with Gasteiger partial charge in [-0.1, -0.05) is 84.9 Å². The van der Waals surface area contributed by atoms with Crippen molar-refractivity contribution >= 4 is 34.0 Å². The van der Waals surface area contributed by atoms with E-state index in [1.165, 1.54) is 6.21 Å². The summed E-state index contributed by atoms with van der Waals surface area (Å²) in [5.74, 6) is -0.885. The first kappa shape index (κ1) is 24.1. The van der Waals surface area contributed by atoms with Crippen molar-refractivity contribution in [3.05, 3.63) is 136 Å². The number of rotatable bonds is 7. The van der Waals surface area contributed by atoms with Crippen molar-refractivity contribution in [3.8, 4) is 5.75 Å². The highest BCUT2D eigenvalue weighted by atomic mass is 79.9. The molecule has 174 valence electrons. The molecule has 7 heteroatoms. The lowest BCUT2D eigenvalue weighted by Gasteiger charge is -2.27. The van der Waals surface area contributed by atoms with Gasteiger partial charge in [0.15, 0.2) is 5.60 Å². The third-order valence-corrected chi connectivity index (χ3v) is 5.95. The van der Waals surface area contributed by atoms with Gasteiger partial charge in [0, 0.05) is 4.47 Å². The highest BCUT2D eigenvalue weighted by Crippen LogP contribution is 2.30. The molecule has 0 bridgehead atoms. The fraction of sp³-hybridized carbons (Fsp3) is 0.0357. The molecule has 0 aromatic heterocycles. The van der Waals surface area contributed by atoms with Crippen molar-refractivity contribution in [2.75, 3.05) is 0 Å². The van der Waals surface area contributed by atoms with Crippen molar-refractivity contribution in [1.82, 2.24) is 5.43 Å². The Morgan fingerprint density at radius 1 is 0.829 bits per heavy atom. The zero-order chi connectivity index (χ0) is 24.7. The second kappa shape index (κ2) is 10.9. The molecule has 6 nitrogen and oxygen atoms in total. The van der Waals surface area contributed by atoms with Crippen LogP contribution in [0, 0.1) is 0 Å². The number of benzene rings is 4. The molecule has 4 aromatic carbocycles. The van der Waals surface area contributed by atoms with Crippen LogP contribution in [0.4, 0.5) is 0 Å². The number of halogens is 1. The summed E-state index contributed by atoms with van der Waals surface area (Å²) >= 11 is 3.34. The SMILES string of the molecule is O=C(Oc1cccc(C=NNC(=O)C(O)(c2ccccc2)c2ccccc2)c1)c1ccccc1Br. The molecule has 0 radical (unpaired) electrons. The molecule has 1 amide bonds. The van der Waals surface area contributed by atoms with Crippen molar-refractivity contribution in [3.63, 3.8) is 0 Å². The van der Waals surface area contributed by atoms with E-state index < -0.39 is 17.5 Å². The summed E-state index contributed by atoms with van der Waals surface area (Å²) in [6.07, 6.45) is 1.41. The van der Waals surface area contributed by atoms with Gasteiger partial charge in [-0.2, -0.15) is 5.10 Å². The molecule has 0 saturated carbocycles. The predicted octanol–water partition coefficient (Wildman–Crippen LogP) is 5.05. The van der Waals surface area contributed by atoms with E-state index in [0.29, 0.717) is 32.5 Å². The zero-order valence-electron chi connectivity index (χ0n) is 18.5. The molecule has 4 rings (SSSR count). The van der Waals surface area contributed by atoms with E-state index in [0.717, 1.165) is 0 Å². The summed E-state index contributed by atoms with van der Waals surface area (Å²) in [6.45, 7) is 0. The van der Waals surface area contributed by atoms with Gasteiger partial charge in [0.25, 0.3) is 5.91 Å². The summed E-state index contributed by atoms with van der Waals surface area (Å²) < 4.78 is 6.10. The molecule has 2 N–H and O–H groups in total. The molecule has 0 atom stereocenters. The molecule has 0 aliphatic rings. The van der Waals surface area contributed by atoms with E-state index in [1.54, 1.807) is 103 Å². The number of nitrogens with one attached hydrogen (secondary N) is 1. The number of ether oxygens (including phenoxy) is 1. The Labute approximate surface area is 211 Å². The van der Waals surface area contributed by atoms with E-state index >= 15 is 0 Å². The van der Waals surface area contributed by atoms with Crippen LogP contribution in [0.1, 0.15) is 27.0 Å². The first-order valence-corrected chi connectivity index (χ1v) is 11.5. The minimum atomic E-state index is -1.93. The molecule has 0 fully saturated rings. The first-order valence-electron chi connectivity index (χ1n) is 10.7. The second-order valence-electron chi connectivity index (χ2n) is 7.58. The normalized spacial score (nSPS) is 11.3. The predicted molar refractivity (Wildman–Crippen MR) is 137 cm³/mol. The third-order valence-electron chi connectivity index (χ3n) is 5.25. The molecule has 35 heavy (non-hydrogen) atoms. The van der Waals surface area contributed by atoms with E-state index in [2.05, 4.69) is 26.5 Å². The van der Waals surface area contributed by atoms with Crippen molar-refractivity contribution < 1.29 is 19.4 Å². The van der Waals surface area contributed by atoms with Gasteiger partial charge in [-0.25, -0.2) is 10.2 Å². The molecule has 0 spiro atoms. The van der Waals surface area contributed by atoms with Crippen LogP contribution in [-0.2, 0) is 10.4 Å². The Morgan fingerprint density at radius 3 is 2.06 bits per heavy atom. The van der Waals surface area contributed by atoms with Gasteiger partial charge in [-0.05, 0) is 56.9 Å². The van der Waals surface area contributed by atoms with Gasteiger partial charge in [0.1, 0.15) is 5.75 Å². The average molecular weight is 529 g/mol. The maximum Gasteiger partial charge on any atom is 0.344 e. The number of carbonyl (C=O) groups is 2. The maximum absolute atomic E-state index is 13.1. The Balaban J connectivity index is 1.50. The van der Waals surface area contributed by atoms with Crippen LogP contribution < -0.4 is 10.2 Å². The van der Waals surface area contributed by atoms with Gasteiger partial charge in [-0.3, -0.25) is 4.79 Å². The molecule has 0 heterocycles. The summed E-state index contributed by atoms with van der Waals surface area (Å²) in [5, 5.41) is 15.5. The van der Waals surface area contributed by atoms with Crippen LogP contribution in [0.5, 0.6) is 5.75 Å². The second-order valence-corrected chi connectivity index (χ2v) is 8.44. The average Bonchev–Trinajstić information content (AvgIpc) is 2.89. The van der Waals surface area contributed by atoms with Crippen molar-refractivity contribution in [2.45, 2.75) is 5.60 Å². The molecular formula is C28H21BrN2O4. The van der Waals surface area contributed by atoms with E-state index in [-0.39, 0.29) is 0 Å². The van der Waals surface area contributed by atoms with Gasteiger partial charge < -0.3 is 9.84 Å². The number of hydrazone groups is 1. The molecular weight excluding hydrogens is 508 g/mol. The van der Waals surface area contributed by atoms with Crippen LogP contribution in [0.2, 0.25) is 0 Å². The largest absolute Gasteiger partial charge is 0.423 e. The zero-order valence-corrected chi connectivity index (χ0v) is 20.1. The van der Waals surface area contributed by atoms with E-state index in [9.17, 15) is 14.7 Å². The maximum atomic E-state index is 13.1. The summed E-state index contributed by atoms with van der Waals surface area (Å²) in [6, 6.07) is 31.0. The number of nitrogens with zero attached hydrogens (tertiary/aromatic N) is 1. The Morgan fingerprint density at radius 2 is 1.43 bits per heavy atom. The molecule has 0 saturated heterocycles. The van der Waals surface area contributed by atoms with Crippen LogP contribution in [0.25, 0.3) is 0 Å². The molecule has 0 unspecified atom stereocenters. The van der Waals surface area contributed by atoms with Gasteiger partial charge >= 0.3 is 5.97 Å². The molecule has 0 aliphatic carbocycles. The highest BCUT2D eigenvalue weighted by Gasteiger charge is 2.39. The topological polar surface area (TPSA) is 88.0 Å². The minimum Gasteiger partial charge on any atom is -0.423 e. The number of hydrogen-bond acceptors (Lipinski definition) is 5. The van der Waals surface area contributed by atoms with Crippen LogP contribution in [0.3, 0.4) is 0 Å². The quantitative estimate of drug-likeness (QED) is 0.152. The van der Waals surface area contributed by atoms with Crippen LogP contribution in [-0.4, -0.2) is 23.2 Å². The third kappa shape index (κ3) is 5.54. The van der Waals surface area contributed by atoms with Crippen molar-refractivity contribution in [2.24, 2.45) is 5.10 Å². The number of hydrogen-bond donors (Lipinski definition) is 2. The first-order chi connectivity index (χ1) is 17.0. The van der Waals surface area contributed by atoms with Gasteiger partial charge in [-0.15, -0.1) is 0 Å². The summed E-state index contributed by atoms with van der Waals surface area (Å²) in [4.78, 5) is 25.6. The van der Waals surface area contributed by atoms with E-state index in [4.69, 9.17) is 4.74 Å². The summed E-state index contributed by atoms with van der Waals surface area (Å²) in [5.41, 5.74) is 2.32. The van der Waals surface area contributed by atoms with Crippen LogP contribution >= 0.6 is 15.9 Å². The highest BCUT2D eigenvalue weighted by molar-refractivity contribution is 9.10. The summed E-state index contributed by atoms with van der Waals surface area (Å²) in [7, 11) is 0.